The molecule has 4 atom stereocenters. The molecule has 2 fully saturated rings. The van der Waals surface area contributed by atoms with Gasteiger partial charge in [0.2, 0.25) is 0 Å². The first kappa shape index (κ1) is 17.3. The van der Waals surface area contributed by atoms with Crippen molar-refractivity contribution in [1.82, 2.24) is 4.90 Å². The summed E-state index contributed by atoms with van der Waals surface area (Å²) in [6, 6.07) is 1.62. The van der Waals surface area contributed by atoms with Crippen molar-refractivity contribution < 1.29 is 0 Å². The second-order valence-electron chi connectivity index (χ2n) is 7.49. The third kappa shape index (κ3) is 4.69. The van der Waals surface area contributed by atoms with Crippen LogP contribution in [-0.4, -0.2) is 30.1 Å². The van der Waals surface area contributed by atoms with E-state index in [0.29, 0.717) is 0 Å². The Kier molecular flexibility index (Phi) is 7.53. The Balaban J connectivity index is 1.96. The van der Waals surface area contributed by atoms with E-state index >= 15 is 0 Å². The standard InChI is InChI=1S/C19H38N2/c1-3-8-16-9-7-11-18(14-13-16)21(4-2)19-12-6-5-10-17(19)15-20/h16-19H,3-15,20H2,1-2H3. The fourth-order valence-electron chi connectivity index (χ4n) is 5.05. The maximum atomic E-state index is 6.08. The molecule has 0 saturated heterocycles. The molecule has 21 heavy (non-hydrogen) atoms. The van der Waals surface area contributed by atoms with E-state index in [4.69, 9.17) is 5.73 Å². The van der Waals surface area contributed by atoms with Crippen LogP contribution in [0.25, 0.3) is 0 Å². The van der Waals surface area contributed by atoms with Gasteiger partial charge in [0, 0.05) is 12.1 Å². The van der Waals surface area contributed by atoms with Crippen LogP contribution >= 0.6 is 0 Å². The molecular weight excluding hydrogens is 256 g/mol. The number of hydrogen-bond donors (Lipinski definition) is 1. The van der Waals surface area contributed by atoms with Crippen LogP contribution in [0.3, 0.4) is 0 Å². The fraction of sp³-hybridized carbons (Fsp3) is 1.00. The zero-order valence-corrected chi connectivity index (χ0v) is 14.5. The zero-order chi connectivity index (χ0) is 15.1. The summed E-state index contributed by atoms with van der Waals surface area (Å²) in [5.74, 6) is 1.77. The van der Waals surface area contributed by atoms with E-state index in [0.717, 1.165) is 30.5 Å². The van der Waals surface area contributed by atoms with Gasteiger partial charge in [0.25, 0.3) is 0 Å². The van der Waals surface area contributed by atoms with Gasteiger partial charge in [-0.3, -0.25) is 4.90 Å². The highest BCUT2D eigenvalue weighted by atomic mass is 15.2. The minimum Gasteiger partial charge on any atom is -0.330 e. The van der Waals surface area contributed by atoms with Gasteiger partial charge in [-0.2, -0.15) is 0 Å². The molecule has 0 aromatic rings. The van der Waals surface area contributed by atoms with E-state index in [1.165, 1.54) is 77.2 Å². The Morgan fingerprint density at radius 3 is 2.43 bits per heavy atom. The van der Waals surface area contributed by atoms with Gasteiger partial charge in [-0.25, -0.2) is 0 Å². The number of nitrogens with zero attached hydrogens (tertiary/aromatic N) is 1. The average molecular weight is 295 g/mol. The summed E-state index contributed by atoms with van der Waals surface area (Å²) in [4.78, 5) is 2.87. The van der Waals surface area contributed by atoms with Crippen molar-refractivity contribution in [3.05, 3.63) is 0 Å². The van der Waals surface area contributed by atoms with Crippen LogP contribution in [0.2, 0.25) is 0 Å². The summed E-state index contributed by atoms with van der Waals surface area (Å²) in [6.45, 7) is 6.84. The molecule has 2 nitrogen and oxygen atoms in total. The Bertz CT molecular complexity index is 279. The van der Waals surface area contributed by atoms with Crippen LogP contribution in [0.5, 0.6) is 0 Å². The summed E-state index contributed by atoms with van der Waals surface area (Å²) in [5, 5.41) is 0. The molecular formula is C19H38N2. The normalized spacial score (nSPS) is 34.9. The van der Waals surface area contributed by atoms with E-state index in [-0.39, 0.29) is 0 Å². The molecule has 2 N–H and O–H groups in total. The second-order valence-corrected chi connectivity index (χ2v) is 7.49. The van der Waals surface area contributed by atoms with Crippen molar-refractivity contribution in [1.29, 1.82) is 0 Å². The van der Waals surface area contributed by atoms with Gasteiger partial charge >= 0.3 is 0 Å². The SMILES string of the molecule is CCCC1CCCC(N(CC)C2CCCCC2CN)CC1. The first-order valence-corrected chi connectivity index (χ1v) is 9.75. The van der Waals surface area contributed by atoms with Gasteiger partial charge in [-0.05, 0) is 57.0 Å². The van der Waals surface area contributed by atoms with Crippen LogP contribution in [0.15, 0.2) is 0 Å². The molecule has 2 rings (SSSR count). The summed E-state index contributed by atoms with van der Waals surface area (Å²) in [7, 11) is 0. The average Bonchev–Trinajstić information content (AvgIpc) is 2.75. The van der Waals surface area contributed by atoms with E-state index in [9.17, 15) is 0 Å². The molecule has 0 aromatic carbocycles. The largest absolute Gasteiger partial charge is 0.330 e. The highest BCUT2D eigenvalue weighted by molar-refractivity contribution is 4.88. The fourth-order valence-corrected chi connectivity index (χ4v) is 5.05. The lowest BCUT2D eigenvalue weighted by molar-refractivity contribution is 0.0628. The van der Waals surface area contributed by atoms with Crippen LogP contribution < -0.4 is 5.73 Å². The lowest BCUT2D eigenvalue weighted by Gasteiger charge is -2.43. The number of nitrogens with two attached hydrogens (primary N) is 1. The third-order valence-electron chi connectivity index (χ3n) is 6.19. The molecule has 0 heterocycles. The molecule has 0 spiro atoms. The van der Waals surface area contributed by atoms with Crippen LogP contribution in [0.1, 0.15) is 84.5 Å². The smallest absolute Gasteiger partial charge is 0.0138 e. The van der Waals surface area contributed by atoms with E-state index in [2.05, 4.69) is 18.7 Å². The van der Waals surface area contributed by atoms with Gasteiger partial charge in [0.1, 0.15) is 0 Å². The Morgan fingerprint density at radius 2 is 1.71 bits per heavy atom. The molecule has 2 heteroatoms. The highest BCUT2D eigenvalue weighted by Crippen LogP contribution is 2.34. The molecule has 2 aliphatic carbocycles. The molecule has 0 amide bonds. The topological polar surface area (TPSA) is 29.3 Å². The quantitative estimate of drug-likeness (QED) is 0.727. The predicted molar refractivity (Wildman–Crippen MR) is 92.5 cm³/mol. The van der Waals surface area contributed by atoms with Crippen molar-refractivity contribution in [3.8, 4) is 0 Å². The Labute approximate surface area is 132 Å². The van der Waals surface area contributed by atoms with Gasteiger partial charge in [-0.1, -0.05) is 52.4 Å². The van der Waals surface area contributed by atoms with E-state index in [1.807, 2.05) is 0 Å². The van der Waals surface area contributed by atoms with Gasteiger partial charge in [-0.15, -0.1) is 0 Å². The minimum absolute atomic E-state index is 0.758. The molecule has 2 aliphatic rings. The monoisotopic (exact) mass is 294 g/mol. The van der Waals surface area contributed by atoms with Crippen molar-refractivity contribution in [3.63, 3.8) is 0 Å². The molecule has 0 radical (unpaired) electrons. The molecule has 2 saturated carbocycles. The zero-order valence-electron chi connectivity index (χ0n) is 14.5. The van der Waals surface area contributed by atoms with Gasteiger partial charge in [0.05, 0.1) is 0 Å². The third-order valence-corrected chi connectivity index (χ3v) is 6.19. The molecule has 0 bridgehead atoms. The lowest BCUT2D eigenvalue weighted by atomic mass is 9.82. The summed E-state index contributed by atoms with van der Waals surface area (Å²) in [6.07, 6.45) is 15.7. The number of rotatable bonds is 6. The first-order chi connectivity index (χ1) is 10.3. The molecule has 0 aromatic heterocycles. The minimum atomic E-state index is 0.758. The summed E-state index contributed by atoms with van der Waals surface area (Å²) in [5.41, 5.74) is 6.08. The van der Waals surface area contributed by atoms with E-state index in [1.54, 1.807) is 0 Å². The molecule has 4 unspecified atom stereocenters. The van der Waals surface area contributed by atoms with E-state index < -0.39 is 0 Å². The highest BCUT2D eigenvalue weighted by Gasteiger charge is 2.33. The Hall–Kier alpha value is -0.0800. The van der Waals surface area contributed by atoms with Crippen molar-refractivity contribution in [2.75, 3.05) is 13.1 Å². The van der Waals surface area contributed by atoms with Gasteiger partial charge < -0.3 is 5.73 Å². The van der Waals surface area contributed by atoms with Crippen molar-refractivity contribution in [2.45, 2.75) is 96.6 Å². The van der Waals surface area contributed by atoms with Crippen molar-refractivity contribution >= 4 is 0 Å². The summed E-state index contributed by atoms with van der Waals surface area (Å²) >= 11 is 0. The molecule has 0 aliphatic heterocycles. The van der Waals surface area contributed by atoms with Crippen LogP contribution in [-0.2, 0) is 0 Å². The lowest BCUT2D eigenvalue weighted by Crippen LogP contribution is -2.49. The summed E-state index contributed by atoms with van der Waals surface area (Å²) < 4.78 is 0. The van der Waals surface area contributed by atoms with Gasteiger partial charge in [0.15, 0.2) is 0 Å². The maximum Gasteiger partial charge on any atom is 0.0138 e. The predicted octanol–water partition coefficient (Wildman–Crippen LogP) is 4.57. The number of hydrogen-bond acceptors (Lipinski definition) is 2. The maximum absolute atomic E-state index is 6.08. The molecule has 124 valence electrons. The van der Waals surface area contributed by atoms with Crippen LogP contribution in [0.4, 0.5) is 0 Å². The first-order valence-electron chi connectivity index (χ1n) is 9.75. The Morgan fingerprint density at radius 1 is 0.905 bits per heavy atom. The second kappa shape index (κ2) is 9.15. The van der Waals surface area contributed by atoms with Crippen LogP contribution in [0, 0.1) is 11.8 Å². The van der Waals surface area contributed by atoms with Crippen molar-refractivity contribution in [2.24, 2.45) is 17.6 Å².